The first-order valence-electron chi connectivity index (χ1n) is 8.64. The van der Waals surface area contributed by atoms with Gasteiger partial charge in [0.2, 0.25) is 0 Å². The number of rotatable bonds is 4. The van der Waals surface area contributed by atoms with Crippen LogP contribution in [0.3, 0.4) is 0 Å². The van der Waals surface area contributed by atoms with Crippen molar-refractivity contribution in [3.8, 4) is 0 Å². The van der Waals surface area contributed by atoms with Gasteiger partial charge in [0, 0.05) is 18.7 Å². The van der Waals surface area contributed by atoms with E-state index in [9.17, 15) is 22.8 Å². The minimum Gasteiger partial charge on any atom is -0.460 e. The first-order valence-corrected chi connectivity index (χ1v) is 8.64. The fourth-order valence-electron chi connectivity index (χ4n) is 2.77. The van der Waals surface area contributed by atoms with Crippen LogP contribution in [0.2, 0.25) is 0 Å². The van der Waals surface area contributed by atoms with E-state index in [0.717, 1.165) is 31.4 Å². The molecule has 5 nitrogen and oxygen atoms in total. The highest BCUT2D eigenvalue weighted by Gasteiger charge is 2.64. The van der Waals surface area contributed by atoms with Crippen LogP contribution in [0, 0.1) is 0 Å². The van der Waals surface area contributed by atoms with Crippen molar-refractivity contribution in [2.75, 3.05) is 7.11 Å². The second-order valence-corrected chi connectivity index (χ2v) is 6.23. The number of esters is 2. The minimum atomic E-state index is -5.07. The van der Waals surface area contributed by atoms with Gasteiger partial charge in [0.15, 0.2) is 0 Å². The molecule has 1 heterocycles. The van der Waals surface area contributed by atoms with Gasteiger partial charge in [-0.3, -0.25) is 0 Å². The fraction of sp³-hybridized carbons (Fsp3) is 0.400. The Bertz CT molecular complexity index is 742. The van der Waals surface area contributed by atoms with Crippen molar-refractivity contribution >= 4 is 11.9 Å². The molecule has 0 aromatic heterocycles. The van der Waals surface area contributed by atoms with Gasteiger partial charge in [-0.25, -0.2) is 9.59 Å². The smallest absolute Gasteiger partial charge is 0.432 e. The van der Waals surface area contributed by atoms with E-state index in [0.29, 0.717) is 12.8 Å². The molecule has 0 unspecified atom stereocenters. The average Bonchev–Trinajstić information content (AvgIpc) is 2.63. The highest BCUT2D eigenvalue weighted by atomic mass is 19.4. The molecule has 1 aliphatic heterocycles. The van der Waals surface area contributed by atoms with Crippen LogP contribution in [0.5, 0.6) is 0 Å². The van der Waals surface area contributed by atoms with Crippen LogP contribution in [-0.2, 0) is 29.4 Å². The third-order valence-corrected chi connectivity index (χ3v) is 4.22. The van der Waals surface area contributed by atoms with Crippen LogP contribution in [-0.4, -0.2) is 37.4 Å². The van der Waals surface area contributed by atoms with Crippen molar-refractivity contribution in [2.24, 2.45) is 0 Å². The Balaban J connectivity index is 2.34. The Labute approximate surface area is 160 Å². The molecule has 0 saturated carbocycles. The number of hydrogen-bond acceptors (Lipinski definition) is 5. The summed E-state index contributed by atoms with van der Waals surface area (Å²) >= 11 is 0. The molecule has 1 aromatic rings. The Morgan fingerprint density at radius 2 is 1.86 bits per heavy atom. The van der Waals surface area contributed by atoms with E-state index in [1.54, 1.807) is 13.0 Å². The topological polar surface area (TPSA) is 61.8 Å². The third kappa shape index (κ3) is 4.81. The van der Waals surface area contributed by atoms with Gasteiger partial charge in [-0.2, -0.15) is 13.2 Å². The highest BCUT2D eigenvalue weighted by Crippen LogP contribution is 2.43. The Morgan fingerprint density at radius 1 is 1.18 bits per heavy atom. The molecule has 0 N–H and O–H groups in total. The lowest BCUT2D eigenvalue weighted by Gasteiger charge is -2.33. The van der Waals surface area contributed by atoms with Crippen LogP contribution in [0.4, 0.5) is 13.2 Å². The van der Waals surface area contributed by atoms with Crippen LogP contribution >= 0.6 is 0 Å². The van der Waals surface area contributed by atoms with Gasteiger partial charge < -0.3 is 14.2 Å². The number of alkyl halides is 3. The zero-order chi connectivity index (χ0) is 20.8. The van der Waals surface area contributed by atoms with Crippen LogP contribution in [0.15, 0.2) is 54.6 Å². The van der Waals surface area contributed by atoms with Crippen molar-refractivity contribution in [1.82, 2.24) is 0 Å². The number of cyclic esters (lactones) is 1. The zero-order valence-corrected chi connectivity index (χ0v) is 15.4. The first-order chi connectivity index (χ1) is 13.2. The summed E-state index contributed by atoms with van der Waals surface area (Å²) in [5.41, 5.74) is -3.70. The Kier molecular flexibility index (Phi) is 7.01. The van der Waals surface area contributed by atoms with Crippen LogP contribution < -0.4 is 0 Å². The summed E-state index contributed by atoms with van der Waals surface area (Å²) in [6.07, 6.45) is -0.262. The Morgan fingerprint density at radius 3 is 2.46 bits per heavy atom. The number of methoxy groups -OCH3 is 1. The number of allylic oxidation sites excluding steroid dienone is 1. The summed E-state index contributed by atoms with van der Waals surface area (Å²) in [6, 6.07) is 6.52. The summed E-state index contributed by atoms with van der Waals surface area (Å²) in [4.78, 5) is 24.3. The number of carbonyl (C=O) groups excluding carboxylic acids is 2. The van der Waals surface area contributed by atoms with E-state index in [1.807, 2.05) is 0 Å². The first kappa shape index (κ1) is 21.7. The van der Waals surface area contributed by atoms with Gasteiger partial charge in [0.05, 0.1) is 6.10 Å². The molecule has 0 bridgehead atoms. The van der Waals surface area contributed by atoms with Crippen molar-refractivity contribution in [3.63, 3.8) is 0 Å². The summed E-state index contributed by atoms with van der Waals surface area (Å²) in [6.45, 7) is 1.73. The number of carbonyl (C=O) groups is 2. The lowest BCUT2D eigenvalue weighted by Crippen LogP contribution is -2.52. The van der Waals surface area contributed by atoms with Crippen LogP contribution in [0.1, 0.15) is 25.3 Å². The third-order valence-electron chi connectivity index (χ3n) is 4.22. The van der Waals surface area contributed by atoms with Gasteiger partial charge in [-0.15, -0.1) is 0 Å². The highest BCUT2D eigenvalue weighted by molar-refractivity contribution is 5.84. The van der Waals surface area contributed by atoms with E-state index in [4.69, 9.17) is 9.47 Å². The SMILES string of the molecule is CO[C@@](C(=O)O[C@H]1/C=C\C(=O)O[C@H](C)CC/C=C/1)(c1ccccc1)C(F)(F)F. The summed E-state index contributed by atoms with van der Waals surface area (Å²) < 4.78 is 56.5. The molecule has 0 aliphatic carbocycles. The van der Waals surface area contributed by atoms with Gasteiger partial charge in [-0.05, 0) is 31.9 Å². The van der Waals surface area contributed by atoms with Crippen LogP contribution in [0.25, 0.3) is 0 Å². The van der Waals surface area contributed by atoms with Gasteiger partial charge in [0.25, 0.3) is 5.60 Å². The van der Waals surface area contributed by atoms with Gasteiger partial charge >= 0.3 is 18.1 Å². The zero-order valence-electron chi connectivity index (χ0n) is 15.4. The summed E-state index contributed by atoms with van der Waals surface area (Å²) in [5, 5.41) is 0. The van der Waals surface area contributed by atoms with E-state index >= 15 is 0 Å². The number of ether oxygens (including phenoxy) is 3. The second kappa shape index (κ2) is 9.05. The van der Waals surface area contributed by atoms with Gasteiger partial charge in [0.1, 0.15) is 6.10 Å². The molecule has 3 atom stereocenters. The average molecular weight is 398 g/mol. The monoisotopic (exact) mass is 398 g/mol. The van der Waals surface area contributed by atoms with E-state index < -0.39 is 35.4 Å². The summed E-state index contributed by atoms with van der Waals surface area (Å²) in [7, 11) is 0.791. The van der Waals surface area contributed by atoms with E-state index in [1.165, 1.54) is 24.3 Å². The maximum Gasteiger partial charge on any atom is 0.432 e. The molecular formula is C20H21F3O5. The summed E-state index contributed by atoms with van der Waals surface area (Å²) in [5.74, 6) is -2.30. The molecular weight excluding hydrogens is 377 g/mol. The predicted molar refractivity (Wildman–Crippen MR) is 94.1 cm³/mol. The van der Waals surface area contributed by atoms with E-state index in [-0.39, 0.29) is 6.10 Å². The molecule has 152 valence electrons. The molecule has 0 fully saturated rings. The molecule has 0 radical (unpaired) electrons. The standard InChI is InChI=1S/C20H21F3O5/c1-14-8-6-7-11-16(12-13-17(24)27-14)28-18(25)19(26-2,20(21,22)23)15-9-4-3-5-10-15/h3-5,7,9-14,16H,6,8H2,1-2H3/b11-7+,13-12-/t14-,16-,19-/m1/s1. The number of benzene rings is 1. The molecule has 28 heavy (non-hydrogen) atoms. The predicted octanol–water partition coefficient (Wildman–Crippen LogP) is 3.84. The quantitative estimate of drug-likeness (QED) is 0.570. The minimum absolute atomic E-state index is 0.301. The van der Waals surface area contributed by atoms with Crippen molar-refractivity contribution < 1.29 is 37.0 Å². The largest absolute Gasteiger partial charge is 0.460 e. The number of halogens is 3. The fourth-order valence-corrected chi connectivity index (χ4v) is 2.77. The van der Waals surface area contributed by atoms with E-state index in [2.05, 4.69) is 4.74 Å². The molecule has 0 spiro atoms. The molecule has 1 aliphatic rings. The lowest BCUT2D eigenvalue weighted by atomic mass is 9.92. The molecule has 0 amide bonds. The Hall–Kier alpha value is -2.61. The molecule has 1 aromatic carbocycles. The lowest BCUT2D eigenvalue weighted by molar-refractivity contribution is -0.277. The maximum atomic E-state index is 13.9. The maximum absolute atomic E-state index is 13.9. The number of hydrogen-bond donors (Lipinski definition) is 0. The van der Waals surface area contributed by atoms with Crippen molar-refractivity contribution in [2.45, 2.75) is 43.8 Å². The molecule has 8 heteroatoms. The van der Waals surface area contributed by atoms with Gasteiger partial charge in [-0.1, -0.05) is 36.4 Å². The molecule has 0 saturated heterocycles. The van der Waals surface area contributed by atoms with Crippen molar-refractivity contribution in [3.05, 3.63) is 60.2 Å². The molecule has 2 rings (SSSR count). The van der Waals surface area contributed by atoms with Crippen molar-refractivity contribution in [1.29, 1.82) is 0 Å². The normalized spacial score (nSPS) is 25.1. The second-order valence-electron chi connectivity index (χ2n) is 6.23.